The van der Waals surface area contributed by atoms with Crippen LogP contribution in [0.3, 0.4) is 0 Å². The minimum atomic E-state index is -3.70. The Morgan fingerprint density at radius 3 is 2.63 bits per heavy atom. The van der Waals surface area contributed by atoms with Gasteiger partial charge in [-0.05, 0) is 55.2 Å². The number of nitrogens with one attached hydrogen (secondary N) is 2. The van der Waals surface area contributed by atoms with Crippen LogP contribution in [0.2, 0.25) is 0 Å². The number of rotatable bonds is 5. The number of sulfonamides is 1. The largest absolute Gasteiger partial charge is 0.326 e. The zero-order chi connectivity index (χ0) is 19.4. The van der Waals surface area contributed by atoms with Gasteiger partial charge in [-0.3, -0.25) is 14.5 Å². The predicted molar refractivity (Wildman–Crippen MR) is 107 cm³/mol. The summed E-state index contributed by atoms with van der Waals surface area (Å²) in [4.78, 5) is 16.6. The van der Waals surface area contributed by atoms with Gasteiger partial charge in [-0.15, -0.1) is 0 Å². The molecule has 0 saturated heterocycles. The first-order valence-electron chi connectivity index (χ1n) is 8.86. The smallest absolute Gasteiger partial charge is 0.262 e. The Balaban J connectivity index is 1.69. The van der Waals surface area contributed by atoms with Crippen molar-refractivity contribution < 1.29 is 13.2 Å². The number of amidine groups is 1. The molecule has 6 nitrogen and oxygen atoms in total. The van der Waals surface area contributed by atoms with Crippen LogP contribution in [0.5, 0.6) is 0 Å². The third-order valence-corrected chi connectivity index (χ3v) is 5.87. The fourth-order valence-corrected chi connectivity index (χ4v) is 4.02. The number of anilines is 1. The molecule has 1 heterocycles. The van der Waals surface area contributed by atoms with E-state index >= 15 is 0 Å². The van der Waals surface area contributed by atoms with Crippen LogP contribution in [0.15, 0.2) is 52.4 Å². The second-order valence-electron chi connectivity index (χ2n) is 6.71. The topological polar surface area (TPSA) is 87.6 Å². The number of aliphatic imine (C=N–C) groups is 1. The van der Waals surface area contributed by atoms with E-state index in [0.717, 1.165) is 17.5 Å². The summed E-state index contributed by atoms with van der Waals surface area (Å²) in [6, 6.07) is 12.1. The SMILES string of the molecule is Cc1ccc(CC(=O)Nc2cccc(S(=O)(=O)NC3=NCCC3)c2)cc1C. The Bertz CT molecular complexity index is 997. The molecule has 2 aromatic carbocycles. The maximum atomic E-state index is 12.5. The number of nitrogens with zero attached hydrogens (tertiary/aromatic N) is 1. The van der Waals surface area contributed by atoms with Crippen LogP contribution in [-0.2, 0) is 21.2 Å². The molecule has 27 heavy (non-hydrogen) atoms. The van der Waals surface area contributed by atoms with Crippen LogP contribution < -0.4 is 10.0 Å². The lowest BCUT2D eigenvalue weighted by atomic mass is 10.0. The molecule has 2 aromatic rings. The van der Waals surface area contributed by atoms with Crippen LogP contribution in [0, 0.1) is 13.8 Å². The summed E-state index contributed by atoms with van der Waals surface area (Å²) in [5, 5.41) is 2.77. The molecule has 0 unspecified atom stereocenters. The molecule has 3 rings (SSSR count). The van der Waals surface area contributed by atoms with E-state index < -0.39 is 10.0 Å². The minimum absolute atomic E-state index is 0.0982. The van der Waals surface area contributed by atoms with Gasteiger partial charge in [-0.25, -0.2) is 8.42 Å². The van der Waals surface area contributed by atoms with Gasteiger partial charge < -0.3 is 5.32 Å². The molecule has 0 bridgehead atoms. The highest BCUT2D eigenvalue weighted by Gasteiger charge is 2.18. The molecule has 0 radical (unpaired) electrons. The molecule has 0 aromatic heterocycles. The molecular formula is C20H23N3O3S. The molecule has 0 saturated carbocycles. The van der Waals surface area contributed by atoms with Crippen molar-refractivity contribution in [3.05, 3.63) is 59.2 Å². The van der Waals surface area contributed by atoms with E-state index in [0.29, 0.717) is 24.5 Å². The normalized spacial score (nSPS) is 13.9. The lowest BCUT2D eigenvalue weighted by molar-refractivity contribution is -0.115. The lowest BCUT2D eigenvalue weighted by Gasteiger charge is -2.10. The van der Waals surface area contributed by atoms with E-state index in [2.05, 4.69) is 15.0 Å². The highest BCUT2D eigenvalue weighted by molar-refractivity contribution is 7.90. The van der Waals surface area contributed by atoms with Crippen molar-refractivity contribution in [1.82, 2.24) is 4.72 Å². The van der Waals surface area contributed by atoms with Gasteiger partial charge in [-0.1, -0.05) is 24.3 Å². The third-order valence-electron chi connectivity index (χ3n) is 4.49. The van der Waals surface area contributed by atoms with Crippen molar-refractivity contribution in [2.75, 3.05) is 11.9 Å². The molecule has 0 aliphatic carbocycles. The van der Waals surface area contributed by atoms with Gasteiger partial charge in [0.15, 0.2) is 0 Å². The van der Waals surface area contributed by atoms with Gasteiger partial charge in [0.2, 0.25) is 5.91 Å². The van der Waals surface area contributed by atoms with Crippen LogP contribution in [-0.4, -0.2) is 26.7 Å². The number of carbonyl (C=O) groups is 1. The monoisotopic (exact) mass is 385 g/mol. The zero-order valence-electron chi connectivity index (χ0n) is 15.5. The number of amides is 1. The van der Waals surface area contributed by atoms with Crippen molar-refractivity contribution in [3.63, 3.8) is 0 Å². The lowest BCUT2D eigenvalue weighted by Crippen LogP contribution is -2.29. The number of hydrogen-bond acceptors (Lipinski definition) is 4. The molecule has 1 amide bonds. The maximum Gasteiger partial charge on any atom is 0.262 e. The first-order valence-corrected chi connectivity index (χ1v) is 10.3. The van der Waals surface area contributed by atoms with E-state index in [1.165, 1.54) is 17.7 Å². The summed E-state index contributed by atoms with van der Waals surface area (Å²) in [6.07, 6.45) is 1.71. The summed E-state index contributed by atoms with van der Waals surface area (Å²) in [7, 11) is -3.70. The average molecular weight is 385 g/mol. The van der Waals surface area contributed by atoms with Crippen LogP contribution >= 0.6 is 0 Å². The Kier molecular flexibility index (Phi) is 5.60. The highest BCUT2D eigenvalue weighted by Crippen LogP contribution is 2.17. The maximum absolute atomic E-state index is 12.5. The van der Waals surface area contributed by atoms with E-state index in [1.54, 1.807) is 12.1 Å². The number of carbonyl (C=O) groups excluding carboxylic acids is 1. The van der Waals surface area contributed by atoms with E-state index in [9.17, 15) is 13.2 Å². The Labute approximate surface area is 159 Å². The number of aryl methyl sites for hydroxylation is 2. The van der Waals surface area contributed by atoms with Crippen LogP contribution in [0.25, 0.3) is 0 Å². The number of benzene rings is 2. The van der Waals surface area contributed by atoms with Crippen molar-refractivity contribution in [2.45, 2.75) is 38.0 Å². The second-order valence-corrected chi connectivity index (χ2v) is 8.39. The van der Waals surface area contributed by atoms with Gasteiger partial charge >= 0.3 is 0 Å². The standard InChI is InChI=1S/C20H23N3O3S/c1-14-8-9-16(11-15(14)2)12-20(24)22-17-5-3-6-18(13-17)27(25,26)23-19-7-4-10-21-19/h3,5-6,8-9,11,13H,4,7,10,12H2,1-2H3,(H,21,23)(H,22,24). The Morgan fingerprint density at radius 2 is 1.93 bits per heavy atom. The van der Waals surface area contributed by atoms with Crippen molar-refractivity contribution >= 4 is 27.5 Å². The summed E-state index contributed by atoms with van der Waals surface area (Å²) in [5.74, 6) is 0.292. The molecule has 0 atom stereocenters. The minimum Gasteiger partial charge on any atom is -0.326 e. The first-order chi connectivity index (χ1) is 12.8. The van der Waals surface area contributed by atoms with E-state index in [-0.39, 0.29) is 17.2 Å². The fourth-order valence-electron chi connectivity index (χ4n) is 2.88. The van der Waals surface area contributed by atoms with Crippen molar-refractivity contribution in [1.29, 1.82) is 0 Å². The Hall–Kier alpha value is -2.67. The Morgan fingerprint density at radius 1 is 1.11 bits per heavy atom. The quantitative estimate of drug-likeness (QED) is 0.829. The summed E-state index contributed by atoms with van der Waals surface area (Å²) in [6.45, 7) is 4.68. The summed E-state index contributed by atoms with van der Waals surface area (Å²) >= 11 is 0. The fraction of sp³-hybridized carbons (Fsp3) is 0.300. The molecular weight excluding hydrogens is 362 g/mol. The van der Waals surface area contributed by atoms with Gasteiger partial charge in [-0.2, -0.15) is 0 Å². The molecule has 1 aliphatic heterocycles. The van der Waals surface area contributed by atoms with Gasteiger partial charge in [0.05, 0.1) is 11.3 Å². The molecule has 2 N–H and O–H groups in total. The second kappa shape index (κ2) is 7.92. The van der Waals surface area contributed by atoms with Gasteiger partial charge in [0.25, 0.3) is 10.0 Å². The number of hydrogen-bond donors (Lipinski definition) is 2. The van der Waals surface area contributed by atoms with E-state index in [1.807, 2.05) is 32.0 Å². The van der Waals surface area contributed by atoms with Crippen LogP contribution in [0.1, 0.15) is 29.5 Å². The first kappa shape index (κ1) is 19.1. The summed E-state index contributed by atoms with van der Waals surface area (Å²) in [5.41, 5.74) is 3.67. The predicted octanol–water partition coefficient (Wildman–Crippen LogP) is 2.96. The van der Waals surface area contributed by atoms with E-state index in [4.69, 9.17) is 0 Å². The molecule has 1 aliphatic rings. The average Bonchev–Trinajstić information content (AvgIpc) is 3.10. The molecule has 0 fully saturated rings. The highest BCUT2D eigenvalue weighted by atomic mass is 32.2. The molecule has 0 spiro atoms. The van der Waals surface area contributed by atoms with Crippen LogP contribution in [0.4, 0.5) is 5.69 Å². The van der Waals surface area contributed by atoms with Gasteiger partial charge in [0, 0.05) is 18.7 Å². The summed E-state index contributed by atoms with van der Waals surface area (Å²) < 4.78 is 27.5. The molecule has 7 heteroatoms. The van der Waals surface area contributed by atoms with Gasteiger partial charge in [0.1, 0.15) is 5.84 Å². The van der Waals surface area contributed by atoms with Crippen molar-refractivity contribution in [2.24, 2.45) is 4.99 Å². The van der Waals surface area contributed by atoms with Crippen molar-refractivity contribution in [3.8, 4) is 0 Å². The molecule has 142 valence electrons. The zero-order valence-corrected chi connectivity index (χ0v) is 16.3. The third kappa shape index (κ3) is 4.95.